The number of rotatable bonds is 7. The first-order valence-electron chi connectivity index (χ1n) is 9.92. The summed E-state index contributed by atoms with van der Waals surface area (Å²) in [4.78, 5) is 39.4. The molecule has 29 heavy (non-hydrogen) atoms. The lowest BCUT2D eigenvalue weighted by atomic mass is 9.81. The zero-order chi connectivity index (χ0) is 20.7. The fourth-order valence-corrected chi connectivity index (χ4v) is 3.67. The fourth-order valence-electron chi connectivity index (χ4n) is 3.67. The van der Waals surface area contributed by atoms with Gasteiger partial charge in [0.1, 0.15) is 6.04 Å². The molecule has 1 unspecified atom stereocenters. The van der Waals surface area contributed by atoms with Crippen LogP contribution in [0.2, 0.25) is 0 Å². The largest absolute Gasteiger partial charge is 0.467 e. The van der Waals surface area contributed by atoms with Crippen LogP contribution < -0.4 is 11.1 Å². The van der Waals surface area contributed by atoms with Crippen LogP contribution in [0.1, 0.15) is 56.3 Å². The van der Waals surface area contributed by atoms with E-state index in [2.05, 4.69) is 5.32 Å². The van der Waals surface area contributed by atoms with Gasteiger partial charge in [0.25, 0.3) is 5.91 Å². The van der Waals surface area contributed by atoms with Gasteiger partial charge in [0, 0.05) is 24.3 Å². The zero-order valence-corrected chi connectivity index (χ0v) is 18.2. The van der Waals surface area contributed by atoms with E-state index >= 15 is 0 Å². The van der Waals surface area contributed by atoms with Crippen molar-refractivity contribution in [2.24, 2.45) is 11.1 Å². The maximum atomic E-state index is 13.0. The van der Waals surface area contributed by atoms with Crippen LogP contribution >= 0.6 is 12.4 Å². The predicted octanol–water partition coefficient (Wildman–Crippen LogP) is 2.98. The van der Waals surface area contributed by atoms with Gasteiger partial charge in [-0.2, -0.15) is 0 Å². The van der Waals surface area contributed by atoms with Crippen LogP contribution in [0.15, 0.2) is 24.3 Å². The smallest absolute Gasteiger partial charge is 0.328 e. The first-order valence-corrected chi connectivity index (χ1v) is 9.92. The molecule has 1 fully saturated rings. The molecule has 2 rings (SSSR count). The predicted molar refractivity (Wildman–Crippen MR) is 115 cm³/mol. The molecule has 1 saturated heterocycles. The third-order valence-corrected chi connectivity index (χ3v) is 5.83. The van der Waals surface area contributed by atoms with Gasteiger partial charge in [-0.15, -0.1) is 12.4 Å². The molecule has 7 nitrogen and oxygen atoms in total. The summed E-state index contributed by atoms with van der Waals surface area (Å²) >= 11 is 0. The Hall–Kier alpha value is -2.12. The topological polar surface area (TPSA) is 102 Å². The molecule has 0 saturated carbocycles. The molecule has 0 spiro atoms. The number of likely N-dealkylation sites (tertiary alicyclic amines) is 1. The number of methoxy groups -OCH3 is 1. The molecule has 162 valence electrons. The molecule has 1 aromatic carbocycles. The highest BCUT2D eigenvalue weighted by molar-refractivity contribution is 6.00. The van der Waals surface area contributed by atoms with E-state index in [1.807, 2.05) is 13.8 Å². The number of carbonyl (C=O) groups excluding carboxylic acids is 3. The number of piperidine rings is 1. The Labute approximate surface area is 178 Å². The number of nitrogens with two attached hydrogens (primary N) is 1. The summed E-state index contributed by atoms with van der Waals surface area (Å²) in [7, 11) is 1.33. The minimum absolute atomic E-state index is 0. The van der Waals surface area contributed by atoms with Gasteiger partial charge in [-0.1, -0.05) is 19.9 Å². The summed E-state index contributed by atoms with van der Waals surface area (Å²) in [5, 5.41) is 2.90. The third kappa shape index (κ3) is 5.48. The van der Waals surface area contributed by atoms with E-state index in [4.69, 9.17) is 10.5 Å². The second-order valence-electron chi connectivity index (χ2n) is 7.26. The number of nitrogens with one attached hydrogen (secondary N) is 1. The van der Waals surface area contributed by atoms with Gasteiger partial charge in [0.05, 0.1) is 12.5 Å². The number of benzene rings is 1. The Kier molecular flexibility index (Phi) is 9.59. The van der Waals surface area contributed by atoms with Crippen molar-refractivity contribution in [3.63, 3.8) is 0 Å². The van der Waals surface area contributed by atoms with E-state index < -0.39 is 17.4 Å². The standard InChI is InChI=1S/C21H31N3O4.ClH/c1-4-21(5-2,14-22)20(27)23-16-10-8-9-15(13-16)18(25)24-12-7-6-11-17(24)19(26)28-3;/h8-10,13,17H,4-7,11-12,14,22H2,1-3H3,(H,23,27);1H. The Balaban J connectivity index is 0.00000420. The number of ether oxygens (including phenoxy) is 1. The summed E-state index contributed by atoms with van der Waals surface area (Å²) in [6.07, 6.45) is 3.61. The average Bonchev–Trinajstić information content (AvgIpc) is 2.74. The van der Waals surface area contributed by atoms with Crippen molar-refractivity contribution in [2.45, 2.75) is 52.0 Å². The number of carbonyl (C=O) groups is 3. The second-order valence-corrected chi connectivity index (χ2v) is 7.26. The Morgan fingerprint density at radius 2 is 1.93 bits per heavy atom. The Morgan fingerprint density at radius 3 is 2.52 bits per heavy atom. The lowest BCUT2D eigenvalue weighted by Crippen LogP contribution is -2.48. The van der Waals surface area contributed by atoms with Crippen LogP contribution in [0, 0.1) is 5.41 Å². The van der Waals surface area contributed by atoms with E-state index in [0.717, 1.165) is 12.8 Å². The van der Waals surface area contributed by atoms with Crippen molar-refractivity contribution in [1.29, 1.82) is 0 Å². The Bertz CT molecular complexity index is 713. The van der Waals surface area contributed by atoms with E-state index in [-0.39, 0.29) is 30.8 Å². The third-order valence-electron chi connectivity index (χ3n) is 5.83. The molecular formula is C21H32ClN3O4. The zero-order valence-electron chi connectivity index (χ0n) is 17.4. The van der Waals surface area contributed by atoms with Gasteiger partial charge in [-0.05, 0) is 50.3 Å². The molecule has 1 atom stereocenters. The molecule has 0 aliphatic carbocycles. The molecule has 0 radical (unpaired) electrons. The number of nitrogens with zero attached hydrogens (tertiary/aromatic N) is 1. The molecule has 8 heteroatoms. The van der Waals surface area contributed by atoms with Gasteiger partial charge in [0.2, 0.25) is 5.91 Å². The fraction of sp³-hybridized carbons (Fsp3) is 0.571. The number of hydrogen-bond acceptors (Lipinski definition) is 5. The normalized spacial score (nSPS) is 16.6. The maximum absolute atomic E-state index is 13.0. The summed E-state index contributed by atoms with van der Waals surface area (Å²) in [6.45, 7) is 4.66. The van der Waals surface area contributed by atoms with E-state index in [9.17, 15) is 14.4 Å². The Morgan fingerprint density at radius 1 is 1.24 bits per heavy atom. The number of esters is 1. The van der Waals surface area contributed by atoms with E-state index in [0.29, 0.717) is 37.1 Å². The van der Waals surface area contributed by atoms with Gasteiger partial charge in [-0.25, -0.2) is 4.79 Å². The van der Waals surface area contributed by atoms with Crippen molar-refractivity contribution >= 4 is 35.9 Å². The summed E-state index contributed by atoms with van der Waals surface area (Å²) in [5.41, 5.74) is 6.20. The highest BCUT2D eigenvalue weighted by atomic mass is 35.5. The number of amides is 2. The lowest BCUT2D eigenvalue weighted by Gasteiger charge is -2.34. The molecule has 0 bridgehead atoms. The molecule has 0 aromatic heterocycles. The molecule has 1 aliphatic heterocycles. The molecule has 3 N–H and O–H groups in total. The van der Waals surface area contributed by atoms with Crippen molar-refractivity contribution in [1.82, 2.24) is 4.90 Å². The highest BCUT2D eigenvalue weighted by Crippen LogP contribution is 2.27. The van der Waals surface area contributed by atoms with Crippen LogP contribution in [0.25, 0.3) is 0 Å². The van der Waals surface area contributed by atoms with Crippen LogP contribution in [-0.4, -0.2) is 48.9 Å². The number of anilines is 1. The van der Waals surface area contributed by atoms with Crippen LogP contribution in [0.4, 0.5) is 5.69 Å². The minimum Gasteiger partial charge on any atom is -0.467 e. The average molecular weight is 426 g/mol. The molecule has 1 heterocycles. The van der Waals surface area contributed by atoms with Gasteiger partial charge in [-0.3, -0.25) is 9.59 Å². The quantitative estimate of drug-likeness (QED) is 0.654. The van der Waals surface area contributed by atoms with E-state index in [1.54, 1.807) is 29.2 Å². The number of hydrogen-bond donors (Lipinski definition) is 2. The lowest BCUT2D eigenvalue weighted by molar-refractivity contribution is -0.147. The van der Waals surface area contributed by atoms with Crippen LogP contribution in [-0.2, 0) is 14.3 Å². The van der Waals surface area contributed by atoms with E-state index in [1.165, 1.54) is 7.11 Å². The maximum Gasteiger partial charge on any atom is 0.328 e. The molecular weight excluding hydrogens is 394 g/mol. The monoisotopic (exact) mass is 425 g/mol. The summed E-state index contributed by atoms with van der Waals surface area (Å²) in [6, 6.07) is 6.25. The van der Waals surface area contributed by atoms with Gasteiger partial charge >= 0.3 is 5.97 Å². The second kappa shape index (κ2) is 11.2. The van der Waals surface area contributed by atoms with Crippen LogP contribution in [0.5, 0.6) is 0 Å². The van der Waals surface area contributed by atoms with Gasteiger partial charge in [0.15, 0.2) is 0 Å². The number of halogens is 1. The summed E-state index contributed by atoms with van der Waals surface area (Å²) < 4.78 is 4.86. The van der Waals surface area contributed by atoms with Crippen LogP contribution in [0.3, 0.4) is 0 Å². The van der Waals surface area contributed by atoms with Crippen molar-refractivity contribution in [3.05, 3.63) is 29.8 Å². The minimum atomic E-state index is -0.622. The van der Waals surface area contributed by atoms with Crippen molar-refractivity contribution in [3.8, 4) is 0 Å². The SMILES string of the molecule is CCC(CC)(CN)C(=O)Nc1cccc(C(=O)N2CCCCC2C(=O)OC)c1.Cl. The molecule has 1 aliphatic rings. The molecule has 1 aromatic rings. The van der Waals surface area contributed by atoms with Crippen molar-refractivity contribution < 1.29 is 19.1 Å². The molecule has 2 amide bonds. The first-order chi connectivity index (χ1) is 13.4. The highest BCUT2D eigenvalue weighted by Gasteiger charge is 2.35. The van der Waals surface area contributed by atoms with Gasteiger partial charge < -0.3 is 20.7 Å². The first kappa shape index (κ1) is 24.9. The van der Waals surface area contributed by atoms with Crippen molar-refractivity contribution in [2.75, 3.05) is 25.5 Å². The summed E-state index contributed by atoms with van der Waals surface area (Å²) in [5.74, 6) is -0.770.